The van der Waals surface area contributed by atoms with Crippen LogP contribution in [0.3, 0.4) is 0 Å². The molecule has 7 heteroatoms. The predicted octanol–water partition coefficient (Wildman–Crippen LogP) is 2.10. The molecule has 0 saturated heterocycles. The fourth-order valence-corrected chi connectivity index (χ4v) is 1.23. The van der Waals surface area contributed by atoms with Gasteiger partial charge in [-0.3, -0.25) is 4.68 Å². The first-order valence-corrected chi connectivity index (χ1v) is 5.22. The number of aromatic nitrogens is 2. The van der Waals surface area contributed by atoms with Gasteiger partial charge in [0.15, 0.2) is 12.0 Å². The maximum Gasteiger partial charge on any atom is 0.435 e. The van der Waals surface area contributed by atoms with Gasteiger partial charge in [-0.25, -0.2) is 0 Å². The van der Waals surface area contributed by atoms with Gasteiger partial charge < -0.3 is 9.47 Å². The van der Waals surface area contributed by atoms with Gasteiger partial charge in [0.1, 0.15) is 0 Å². The number of alkyl halides is 3. The summed E-state index contributed by atoms with van der Waals surface area (Å²) in [4.78, 5) is 0. The highest BCUT2D eigenvalue weighted by Gasteiger charge is 2.34. The smallest absolute Gasteiger partial charge is 0.351 e. The van der Waals surface area contributed by atoms with Crippen LogP contribution in [0, 0.1) is 6.07 Å². The molecule has 0 aliphatic heterocycles. The molecule has 0 bridgehead atoms. The van der Waals surface area contributed by atoms with E-state index in [0.29, 0.717) is 13.2 Å². The lowest BCUT2D eigenvalue weighted by Gasteiger charge is -2.16. The second-order valence-electron chi connectivity index (χ2n) is 3.18. The Morgan fingerprint density at radius 1 is 1.35 bits per heavy atom. The van der Waals surface area contributed by atoms with Gasteiger partial charge in [0.25, 0.3) is 0 Å². The molecule has 0 saturated carbocycles. The Morgan fingerprint density at radius 3 is 2.35 bits per heavy atom. The van der Waals surface area contributed by atoms with E-state index in [1.807, 2.05) is 0 Å². The molecular formula is C10H14F3N2O2. The van der Waals surface area contributed by atoms with Crippen molar-refractivity contribution >= 4 is 0 Å². The third-order valence-corrected chi connectivity index (χ3v) is 1.89. The van der Waals surface area contributed by atoms with Gasteiger partial charge in [-0.2, -0.15) is 18.3 Å². The van der Waals surface area contributed by atoms with Gasteiger partial charge in [-0.05, 0) is 13.8 Å². The third kappa shape index (κ3) is 4.35. The standard InChI is InChI=1S/C10H14F3N2O2/c1-3-16-9(17-4-2)7-15-6-5-8(14-15)10(11,12)13/h6,9H,3-4,7H2,1-2H3. The van der Waals surface area contributed by atoms with E-state index in [9.17, 15) is 13.2 Å². The van der Waals surface area contributed by atoms with Crippen molar-refractivity contribution in [2.45, 2.75) is 32.9 Å². The van der Waals surface area contributed by atoms with Gasteiger partial charge in [0.05, 0.1) is 6.54 Å². The number of nitrogens with zero attached hydrogens (tertiary/aromatic N) is 2. The quantitative estimate of drug-likeness (QED) is 0.726. The van der Waals surface area contributed by atoms with Crippen molar-refractivity contribution < 1.29 is 22.6 Å². The van der Waals surface area contributed by atoms with Crippen molar-refractivity contribution in [3.63, 3.8) is 0 Å². The van der Waals surface area contributed by atoms with Crippen LogP contribution >= 0.6 is 0 Å². The molecule has 0 aromatic carbocycles. The second kappa shape index (κ2) is 6.02. The molecule has 97 valence electrons. The summed E-state index contributed by atoms with van der Waals surface area (Å²) in [6.07, 6.45) is -3.94. The average Bonchev–Trinajstić information content (AvgIpc) is 2.66. The minimum atomic E-state index is -4.47. The van der Waals surface area contributed by atoms with E-state index in [0.717, 1.165) is 10.9 Å². The summed E-state index contributed by atoms with van der Waals surface area (Å²) >= 11 is 0. The van der Waals surface area contributed by atoms with Gasteiger partial charge >= 0.3 is 6.18 Å². The van der Waals surface area contributed by atoms with Crippen LogP contribution in [0.15, 0.2) is 6.20 Å². The van der Waals surface area contributed by atoms with Crippen LogP contribution in [0.2, 0.25) is 0 Å². The van der Waals surface area contributed by atoms with Crippen molar-refractivity contribution in [2.24, 2.45) is 0 Å². The van der Waals surface area contributed by atoms with E-state index >= 15 is 0 Å². The molecule has 0 aliphatic carbocycles. The third-order valence-electron chi connectivity index (χ3n) is 1.89. The lowest BCUT2D eigenvalue weighted by molar-refractivity contribution is -0.149. The zero-order chi connectivity index (χ0) is 12.9. The van der Waals surface area contributed by atoms with Crippen molar-refractivity contribution in [2.75, 3.05) is 13.2 Å². The van der Waals surface area contributed by atoms with E-state index in [4.69, 9.17) is 9.47 Å². The lowest BCUT2D eigenvalue weighted by atomic mass is 10.4. The molecule has 0 N–H and O–H groups in total. The topological polar surface area (TPSA) is 36.3 Å². The molecule has 0 amide bonds. The van der Waals surface area contributed by atoms with E-state index < -0.39 is 18.2 Å². The second-order valence-corrected chi connectivity index (χ2v) is 3.18. The minimum absolute atomic E-state index is 0.105. The number of hydrogen-bond acceptors (Lipinski definition) is 3. The maximum absolute atomic E-state index is 12.3. The zero-order valence-corrected chi connectivity index (χ0v) is 9.62. The predicted molar refractivity (Wildman–Crippen MR) is 53.1 cm³/mol. The summed E-state index contributed by atoms with van der Waals surface area (Å²) in [6.45, 7) is 4.50. The van der Waals surface area contributed by atoms with Crippen molar-refractivity contribution in [1.29, 1.82) is 0 Å². The van der Waals surface area contributed by atoms with Gasteiger partial charge in [0, 0.05) is 25.5 Å². The van der Waals surface area contributed by atoms with Crippen molar-refractivity contribution in [3.05, 3.63) is 18.0 Å². The molecule has 0 atom stereocenters. The molecule has 1 heterocycles. The summed E-state index contributed by atoms with van der Waals surface area (Å²) < 4.78 is 48.3. The van der Waals surface area contributed by atoms with Gasteiger partial charge in [-0.1, -0.05) is 0 Å². The van der Waals surface area contributed by atoms with Crippen LogP contribution in [0.1, 0.15) is 19.5 Å². The van der Waals surface area contributed by atoms with Crippen LogP contribution in [-0.4, -0.2) is 29.3 Å². The SMILES string of the molecule is CCOC(Cn1c[c]c(C(F)(F)F)n1)OCC. The molecule has 0 spiro atoms. The number of ether oxygens (including phenoxy) is 2. The maximum atomic E-state index is 12.3. The number of rotatable bonds is 6. The molecule has 1 rings (SSSR count). The molecule has 0 unspecified atom stereocenters. The fourth-order valence-electron chi connectivity index (χ4n) is 1.23. The monoisotopic (exact) mass is 251 g/mol. The molecule has 17 heavy (non-hydrogen) atoms. The van der Waals surface area contributed by atoms with Crippen LogP contribution in [0.25, 0.3) is 0 Å². The summed E-state index contributed by atoms with van der Waals surface area (Å²) in [6, 6.07) is 2.05. The highest BCUT2D eigenvalue weighted by molar-refractivity contribution is 5.00. The number of hydrogen-bond donors (Lipinski definition) is 0. The largest absolute Gasteiger partial charge is 0.435 e. The molecule has 1 aromatic heterocycles. The summed E-state index contributed by atoms with van der Waals surface area (Å²) in [5.41, 5.74) is -1.04. The van der Waals surface area contributed by atoms with Crippen LogP contribution < -0.4 is 0 Å². The Hall–Kier alpha value is -1.08. The van der Waals surface area contributed by atoms with E-state index in [1.54, 1.807) is 13.8 Å². The van der Waals surface area contributed by atoms with Gasteiger partial charge in [-0.15, -0.1) is 0 Å². The van der Waals surface area contributed by atoms with Crippen LogP contribution in [-0.2, 0) is 22.2 Å². The molecular weight excluding hydrogens is 237 g/mol. The summed E-state index contributed by atoms with van der Waals surface area (Å²) in [7, 11) is 0. The number of halogens is 3. The first kappa shape index (κ1) is 14.0. The zero-order valence-electron chi connectivity index (χ0n) is 9.62. The van der Waals surface area contributed by atoms with E-state index in [2.05, 4.69) is 11.2 Å². The molecule has 0 aliphatic rings. The Kier molecular flexibility index (Phi) is 4.95. The Bertz CT molecular complexity index is 333. The molecule has 0 fully saturated rings. The normalized spacial score (nSPS) is 12.4. The lowest BCUT2D eigenvalue weighted by Crippen LogP contribution is -2.24. The molecule has 4 nitrogen and oxygen atoms in total. The van der Waals surface area contributed by atoms with Gasteiger partial charge in [0.2, 0.25) is 0 Å². The Labute approximate surface area is 97.3 Å². The molecule has 1 radical (unpaired) electrons. The minimum Gasteiger partial charge on any atom is -0.351 e. The van der Waals surface area contributed by atoms with Crippen LogP contribution in [0.5, 0.6) is 0 Å². The summed E-state index contributed by atoms with van der Waals surface area (Å²) in [5.74, 6) is 0. The Morgan fingerprint density at radius 2 is 1.94 bits per heavy atom. The van der Waals surface area contributed by atoms with E-state index in [1.165, 1.54) is 0 Å². The van der Waals surface area contributed by atoms with Crippen LogP contribution in [0.4, 0.5) is 13.2 Å². The summed E-state index contributed by atoms with van der Waals surface area (Å²) in [5, 5.41) is 3.36. The highest BCUT2D eigenvalue weighted by Crippen LogP contribution is 2.26. The highest BCUT2D eigenvalue weighted by atomic mass is 19.4. The van der Waals surface area contributed by atoms with Crippen molar-refractivity contribution in [3.8, 4) is 0 Å². The Balaban J connectivity index is 2.63. The molecule has 1 aromatic rings. The van der Waals surface area contributed by atoms with E-state index in [-0.39, 0.29) is 6.54 Å². The van der Waals surface area contributed by atoms with Crippen molar-refractivity contribution in [1.82, 2.24) is 9.78 Å². The average molecular weight is 251 g/mol. The first-order chi connectivity index (χ1) is 7.97. The first-order valence-electron chi connectivity index (χ1n) is 5.22. The fraction of sp³-hybridized carbons (Fsp3) is 0.700.